The van der Waals surface area contributed by atoms with Gasteiger partial charge in [0.05, 0.1) is 24.4 Å². The van der Waals surface area contributed by atoms with E-state index in [1.165, 1.54) is 6.20 Å². The van der Waals surface area contributed by atoms with Crippen LogP contribution in [0.15, 0.2) is 6.20 Å². The quantitative estimate of drug-likeness (QED) is 0.705. The van der Waals surface area contributed by atoms with Gasteiger partial charge in [-0.25, -0.2) is 0 Å². The number of hydrogen-bond donors (Lipinski definition) is 0. The van der Waals surface area contributed by atoms with Gasteiger partial charge in [0.1, 0.15) is 5.69 Å². The summed E-state index contributed by atoms with van der Waals surface area (Å²) in [4.78, 5) is 11.5. The molecule has 0 saturated carbocycles. The lowest BCUT2D eigenvalue weighted by Gasteiger charge is -2.04. The molecule has 1 aromatic heterocycles. The van der Waals surface area contributed by atoms with Crippen molar-refractivity contribution in [3.05, 3.63) is 16.9 Å². The number of aromatic nitrogens is 2. The Bertz CT molecular complexity index is 323. The van der Waals surface area contributed by atoms with Crippen molar-refractivity contribution in [1.29, 1.82) is 0 Å². The third-order valence-electron chi connectivity index (χ3n) is 1.89. The van der Waals surface area contributed by atoms with Crippen molar-refractivity contribution in [1.82, 2.24) is 9.78 Å². The number of ketones is 1. The van der Waals surface area contributed by atoms with Crippen molar-refractivity contribution in [2.45, 2.75) is 19.9 Å². The van der Waals surface area contributed by atoms with Crippen LogP contribution in [0.5, 0.6) is 0 Å². The first-order valence-corrected chi connectivity index (χ1v) is 4.82. The van der Waals surface area contributed by atoms with Gasteiger partial charge in [0, 0.05) is 13.5 Å². The summed E-state index contributed by atoms with van der Waals surface area (Å²) in [7, 11) is 1.60. The van der Waals surface area contributed by atoms with Gasteiger partial charge >= 0.3 is 0 Å². The van der Waals surface area contributed by atoms with E-state index in [0.29, 0.717) is 30.3 Å². The van der Waals surface area contributed by atoms with Gasteiger partial charge in [-0.3, -0.25) is 9.48 Å². The van der Waals surface area contributed by atoms with Crippen molar-refractivity contribution in [3.63, 3.8) is 0 Å². The third kappa shape index (κ3) is 2.33. The number of halogens is 1. The molecule has 0 radical (unpaired) electrons. The monoisotopic (exact) mass is 216 g/mol. The molecule has 0 bridgehead atoms. The van der Waals surface area contributed by atoms with Gasteiger partial charge in [0.2, 0.25) is 0 Å². The first kappa shape index (κ1) is 11.2. The van der Waals surface area contributed by atoms with Crippen LogP contribution < -0.4 is 0 Å². The van der Waals surface area contributed by atoms with Gasteiger partial charge < -0.3 is 4.74 Å². The highest BCUT2D eigenvalue weighted by Crippen LogP contribution is 2.16. The fourth-order valence-corrected chi connectivity index (χ4v) is 1.40. The number of carbonyl (C=O) groups is 1. The van der Waals surface area contributed by atoms with Gasteiger partial charge in [-0.1, -0.05) is 18.5 Å². The minimum Gasteiger partial charge on any atom is -0.383 e. The molecule has 0 atom stereocenters. The van der Waals surface area contributed by atoms with Gasteiger partial charge in [-0.05, 0) is 0 Å². The normalized spacial score (nSPS) is 10.5. The van der Waals surface area contributed by atoms with Crippen molar-refractivity contribution in [3.8, 4) is 0 Å². The molecule has 4 nitrogen and oxygen atoms in total. The van der Waals surface area contributed by atoms with Gasteiger partial charge in [-0.15, -0.1) is 0 Å². The smallest absolute Gasteiger partial charge is 0.182 e. The minimum absolute atomic E-state index is 0.00334. The Morgan fingerprint density at radius 3 is 3.00 bits per heavy atom. The lowest BCUT2D eigenvalue weighted by Crippen LogP contribution is -2.13. The van der Waals surface area contributed by atoms with Crippen LogP contribution in [-0.4, -0.2) is 29.3 Å². The van der Waals surface area contributed by atoms with E-state index in [2.05, 4.69) is 5.10 Å². The molecule has 1 rings (SSSR count). The molecule has 0 aliphatic carbocycles. The van der Waals surface area contributed by atoms with Gasteiger partial charge in [0.25, 0.3) is 0 Å². The molecule has 78 valence electrons. The first-order valence-electron chi connectivity index (χ1n) is 4.44. The molecular weight excluding hydrogens is 204 g/mol. The number of ether oxygens (including phenoxy) is 1. The highest BCUT2D eigenvalue weighted by molar-refractivity contribution is 6.33. The van der Waals surface area contributed by atoms with Crippen LogP contribution in [0.3, 0.4) is 0 Å². The Morgan fingerprint density at radius 2 is 2.43 bits per heavy atom. The summed E-state index contributed by atoms with van der Waals surface area (Å²) in [5.74, 6) is 0.00334. The van der Waals surface area contributed by atoms with Gasteiger partial charge in [0.15, 0.2) is 5.78 Å². The van der Waals surface area contributed by atoms with Crippen LogP contribution in [0, 0.1) is 0 Å². The second-order valence-corrected chi connectivity index (χ2v) is 3.24. The zero-order valence-corrected chi connectivity index (χ0v) is 9.04. The molecule has 0 aromatic carbocycles. The number of rotatable bonds is 5. The SMILES string of the molecule is CCC(=O)c1c(Cl)cnn1CCOC. The molecule has 0 saturated heterocycles. The third-order valence-corrected chi connectivity index (χ3v) is 2.16. The first-order chi connectivity index (χ1) is 6.70. The van der Waals surface area contributed by atoms with E-state index >= 15 is 0 Å². The molecule has 0 amide bonds. The molecule has 0 unspecified atom stereocenters. The number of Topliss-reactive ketones (excluding diaryl/α,β-unsaturated/α-hetero) is 1. The van der Waals surface area contributed by atoms with Crippen molar-refractivity contribution >= 4 is 17.4 Å². The highest BCUT2D eigenvalue weighted by atomic mass is 35.5. The summed E-state index contributed by atoms with van der Waals surface area (Å²) < 4.78 is 6.49. The summed E-state index contributed by atoms with van der Waals surface area (Å²) >= 11 is 5.85. The molecule has 0 aliphatic rings. The summed E-state index contributed by atoms with van der Waals surface area (Å²) in [6, 6.07) is 0. The number of carbonyl (C=O) groups excluding carboxylic acids is 1. The predicted octanol–water partition coefficient (Wildman–Crippen LogP) is 1.78. The Hall–Kier alpha value is -0.870. The van der Waals surface area contributed by atoms with Crippen molar-refractivity contribution in [2.75, 3.05) is 13.7 Å². The van der Waals surface area contributed by atoms with Crippen molar-refractivity contribution < 1.29 is 9.53 Å². The molecular formula is C9H13ClN2O2. The maximum absolute atomic E-state index is 11.5. The minimum atomic E-state index is 0.00334. The Kier molecular flexibility index (Phi) is 4.10. The summed E-state index contributed by atoms with van der Waals surface area (Å²) in [6.45, 7) is 2.86. The van der Waals surface area contributed by atoms with E-state index in [4.69, 9.17) is 16.3 Å². The number of methoxy groups -OCH3 is 1. The second kappa shape index (κ2) is 5.12. The van der Waals surface area contributed by atoms with E-state index in [1.807, 2.05) is 0 Å². The molecule has 0 N–H and O–H groups in total. The average Bonchev–Trinajstić information content (AvgIpc) is 2.55. The van der Waals surface area contributed by atoms with Crippen LogP contribution in [-0.2, 0) is 11.3 Å². The fourth-order valence-electron chi connectivity index (χ4n) is 1.15. The van der Waals surface area contributed by atoms with E-state index in [0.717, 1.165) is 0 Å². The van der Waals surface area contributed by atoms with E-state index in [1.54, 1.807) is 18.7 Å². The molecule has 0 fully saturated rings. The van der Waals surface area contributed by atoms with Gasteiger partial charge in [-0.2, -0.15) is 5.10 Å². The van der Waals surface area contributed by atoms with E-state index in [9.17, 15) is 4.79 Å². The number of hydrogen-bond acceptors (Lipinski definition) is 3. The zero-order valence-electron chi connectivity index (χ0n) is 8.29. The maximum atomic E-state index is 11.5. The predicted molar refractivity (Wildman–Crippen MR) is 53.7 cm³/mol. The van der Waals surface area contributed by atoms with Crippen LogP contribution in [0.25, 0.3) is 0 Å². The standard InChI is InChI=1S/C9H13ClN2O2/c1-3-8(13)9-7(10)6-11-12(9)4-5-14-2/h6H,3-5H2,1-2H3. The molecule has 5 heteroatoms. The Labute approximate surface area is 87.8 Å². The maximum Gasteiger partial charge on any atom is 0.182 e. The van der Waals surface area contributed by atoms with Crippen LogP contribution in [0.2, 0.25) is 5.02 Å². The zero-order chi connectivity index (χ0) is 10.6. The second-order valence-electron chi connectivity index (χ2n) is 2.83. The molecule has 0 spiro atoms. The van der Waals surface area contributed by atoms with Crippen molar-refractivity contribution in [2.24, 2.45) is 0 Å². The van der Waals surface area contributed by atoms with Crippen LogP contribution >= 0.6 is 11.6 Å². The Balaban J connectivity index is 2.88. The number of nitrogens with zero attached hydrogens (tertiary/aromatic N) is 2. The van der Waals surface area contributed by atoms with Crippen LogP contribution in [0.4, 0.5) is 0 Å². The molecule has 14 heavy (non-hydrogen) atoms. The fraction of sp³-hybridized carbons (Fsp3) is 0.556. The average molecular weight is 217 g/mol. The lowest BCUT2D eigenvalue weighted by atomic mass is 10.2. The Morgan fingerprint density at radius 1 is 1.71 bits per heavy atom. The topological polar surface area (TPSA) is 44.1 Å². The molecule has 1 heterocycles. The largest absolute Gasteiger partial charge is 0.383 e. The van der Waals surface area contributed by atoms with E-state index in [-0.39, 0.29) is 5.78 Å². The molecule has 0 aliphatic heterocycles. The summed E-state index contributed by atoms with van der Waals surface area (Å²) in [5, 5.41) is 4.42. The molecule has 1 aromatic rings. The van der Waals surface area contributed by atoms with E-state index < -0.39 is 0 Å². The summed E-state index contributed by atoms with van der Waals surface area (Å²) in [6.07, 6.45) is 1.92. The highest BCUT2D eigenvalue weighted by Gasteiger charge is 2.15. The van der Waals surface area contributed by atoms with Crippen LogP contribution in [0.1, 0.15) is 23.8 Å². The lowest BCUT2D eigenvalue weighted by molar-refractivity contribution is 0.0974. The summed E-state index contributed by atoms with van der Waals surface area (Å²) in [5.41, 5.74) is 0.478.